The molecule has 1 nitrogen and oxygen atoms in total. The maximum Gasteiger partial charge on any atom is 0.0898 e. The maximum absolute atomic E-state index is 5.59. The summed E-state index contributed by atoms with van der Waals surface area (Å²) in [7, 11) is 0. The molecule has 70 valence electrons. The summed E-state index contributed by atoms with van der Waals surface area (Å²) in [5.41, 5.74) is 2.94. The van der Waals surface area contributed by atoms with Crippen LogP contribution in [0.25, 0.3) is 0 Å². The summed E-state index contributed by atoms with van der Waals surface area (Å²) < 4.78 is 5.59. The summed E-state index contributed by atoms with van der Waals surface area (Å²) in [4.78, 5) is 0. The summed E-state index contributed by atoms with van der Waals surface area (Å²) in [6, 6.07) is 8.59. The van der Waals surface area contributed by atoms with Crippen LogP contribution < -0.4 is 0 Å². The molecule has 0 saturated carbocycles. The zero-order valence-electron chi connectivity index (χ0n) is 8.50. The summed E-state index contributed by atoms with van der Waals surface area (Å²) >= 11 is 0. The van der Waals surface area contributed by atoms with Gasteiger partial charge in [-0.25, -0.2) is 0 Å². The highest BCUT2D eigenvalue weighted by Gasteiger charge is 2.40. The van der Waals surface area contributed by atoms with Gasteiger partial charge in [0, 0.05) is 5.41 Å². The van der Waals surface area contributed by atoms with Gasteiger partial charge in [-0.1, -0.05) is 43.7 Å². The third kappa shape index (κ3) is 1.49. The number of aryl methyl sites for hydroxylation is 1. The van der Waals surface area contributed by atoms with E-state index in [1.165, 1.54) is 11.1 Å². The normalized spacial score (nSPS) is 25.3. The van der Waals surface area contributed by atoms with Crippen LogP contribution in [-0.2, 0) is 4.74 Å². The molecule has 0 amide bonds. The Balaban J connectivity index is 2.26. The summed E-state index contributed by atoms with van der Waals surface area (Å²) in [6.07, 6.45) is 0.299. The Kier molecular flexibility index (Phi) is 1.92. The largest absolute Gasteiger partial charge is 0.372 e. The van der Waals surface area contributed by atoms with Gasteiger partial charge in [-0.2, -0.15) is 0 Å². The van der Waals surface area contributed by atoms with Crippen molar-refractivity contribution in [2.75, 3.05) is 6.61 Å². The fourth-order valence-electron chi connectivity index (χ4n) is 1.88. The Labute approximate surface area is 79.7 Å². The number of rotatable bonds is 1. The molecule has 1 unspecified atom stereocenters. The highest BCUT2D eigenvalue weighted by Crippen LogP contribution is 2.45. The van der Waals surface area contributed by atoms with Crippen LogP contribution in [0.15, 0.2) is 24.3 Å². The molecule has 1 heterocycles. The minimum absolute atomic E-state index is 0.299. The van der Waals surface area contributed by atoms with Crippen LogP contribution in [0, 0.1) is 12.3 Å². The predicted octanol–water partition coefficient (Wildman–Crippen LogP) is 3.09. The maximum atomic E-state index is 5.59. The zero-order valence-corrected chi connectivity index (χ0v) is 8.50. The fourth-order valence-corrected chi connectivity index (χ4v) is 1.88. The predicted molar refractivity (Wildman–Crippen MR) is 53.7 cm³/mol. The van der Waals surface area contributed by atoms with Crippen LogP contribution in [0.2, 0.25) is 0 Å². The minimum Gasteiger partial charge on any atom is -0.372 e. The van der Waals surface area contributed by atoms with Gasteiger partial charge >= 0.3 is 0 Å². The van der Waals surface area contributed by atoms with E-state index in [2.05, 4.69) is 45.0 Å². The Morgan fingerprint density at radius 1 is 1.38 bits per heavy atom. The van der Waals surface area contributed by atoms with Crippen LogP contribution >= 0.6 is 0 Å². The van der Waals surface area contributed by atoms with Crippen LogP contribution in [0.3, 0.4) is 0 Å². The summed E-state index contributed by atoms with van der Waals surface area (Å²) in [6.45, 7) is 7.51. The lowest BCUT2D eigenvalue weighted by atomic mass is 9.78. The van der Waals surface area contributed by atoms with Crippen LogP contribution in [0.1, 0.15) is 31.1 Å². The van der Waals surface area contributed by atoms with Gasteiger partial charge in [-0.15, -0.1) is 0 Å². The van der Waals surface area contributed by atoms with Gasteiger partial charge < -0.3 is 4.74 Å². The Hall–Kier alpha value is -0.820. The minimum atomic E-state index is 0.299. The first-order chi connectivity index (χ1) is 6.09. The molecule has 1 aromatic rings. The van der Waals surface area contributed by atoms with Crippen molar-refractivity contribution in [2.24, 2.45) is 5.41 Å². The standard InChI is InChI=1S/C12H16O/c1-9-5-4-6-10(7-9)11-12(2,3)8-13-11/h4-7,11H,8H2,1-3H3. The molecule has 0 radical (unpaired) electrons. The van der Waals surface area contributed by atoms with Crippen LogP contribution in [0.5, 0.6) is 0 Å². The Bertz CT molecular complexity index is 315. The first-order valence-corrected chi connectivity index (χ1v) is 4.78. The molecule has 1 saturated heterocycles. The summed E-state index contributed by atoms with van der Waals surface area (Å²) in [5, 5.41) is 0. The second-order valence-electron chi connectivity index (χ2n) is 4.59. The molecule has 0 aliphatic carbocycles. The first-order valence-electron chi connectivity index (χ1n) is 4.78. The van der Waals surface area contributed by atoms with E-state index in [1.54, 1.807) is 0 Å². The monoisotopic (exact) mass is 176 g/mol. The van der Waals surface area contributed by atoms with Crippen molar-refractivity contribution in [3.8, 4) is 0 Å². The molecule has 0 spiro atoms. The first kappa shape index (κ1) is 8.76. The molecule has 0 N–H and O–H groups in total. The lowest BCUT2D eigenvalue weighted by Gasteiger charge is -2.44. The number of hydrogen-bond acceptors (Lipinski definition) is 1. The molecule has 1 atom stereocenters. The molecule has 1 aliphatic rings. The Morgan fingerprint density at radius 2 is 2.15 bits per heavy atom. The van der Waals surface area contributed by atoms with E-state index in [0.29, 0.717) is 11.5 Å². The molecule has 0 aromatic heterocycles. The lowest BCUT2D eigenvalue weighted by Crippen LogP contribution is -2.40. The summed E-state index contributed by atoms with van der Waals surface area (Å²) in [5.74, 6) is 0. The van der Waals surface area contributed by atoms with Crippen molar-refractivity contribution in [2.45, 2.75) is 26.9 Å². The molecule has 1 aliphatic heterocycles. The average Bonchev–Trinajstić information content (AvgIpc) is 2.02. The van der Waals surface area contributed by atoms with Gasteiger partial charge in [0.05, 0.1) is 12.7 Å². The quantitative estimate of drug-likeness (QED) is 0.639. The SMILES string of the molecule is Cc1cccc(C2OCC2(C)C)c1. The third-order valence-corrected chi connectivity index (χ3v) is 2.68. The van der Waals surface area contributed by atoms with Gasteiger partial charge in [0.25, 0.3) is 0 Å². The molecule has 1 aromatic carbocycles. The van der Waals surface area contributed by atoms with Gasteiger partial charge in [0.15, 0.2) is 0 Å². The average molecular weight is 176 g/mol. The lowest BCUT2D eigenvalue weighted by molar-refractivity contribution is -0.172. The smallest absolute Gasteiger partial charge is 0.0898 e. The number of ether oxygens (including phenoxy) is 1. The fraction of sp³-hybridized carbons (Fsp3) is 0.500. The second-order valence-corrected chi connectivity index (χ2v) is 4.59. The number of hydrogen-bond donors (Lipinski definition) is 0. The van der Waals surface area contributed by atoms with Crippen LogP contribution in [0.4, 0.5) is 0 Å². The Morgan fingerprint density at radius 3 is 2.62 bits per heavy atom. The second kappa shape index (κ2) is 2.85. The van der Waals surface area contributed by atoms with E-state index in [0.717, 1.165) is 6.61 Å². The van der Waals surface area contributed by atoms with Gasteiger partial charge in [-0.05, 0) is 12.5 Å². The van der Waals surface area contributed by atoms with E-state index < -0.39 is 0 Å². The van der Waals surface area contributed by atoms with E-state index in [4.69, 9.17) is 4.74 Å². The van der Waals surface area contributed by atoms with E-state index >= 15 is 0 Å². The molecule has 13 heavy (non-hydrogen) atoms. The van der Waals surface area contributed by atoms with Gasteiger partial charge in [0.1, 0.15) is 0 Å². The van der Waals surface area contributed by atoms with Gasteiger partial charge in [0.2, 0.25) is 0 Å². The van der Waals surface area contributed by atoms with Crippen molar-refractivity contribution in [3.05, 3.63) is 35.4 Å². The molecule has 0 bridgehead atoms. The van der Waals surface area contributed by atoms with E-state index in [1.807, 2.05) is 0 Å². The topological polar surface area (TPSA) is 9.23 Å². The highest BCUT2D eigenvalue weighted by atomic mass is 16.5. The van der Waals surface area contributed by atoms with Crippen molar-refractivity contribution in [3.63, 3.8) is 0 Å². The van der Waals surface area contributed by atoms with Crippen LogP contribution in [-0.4, -0.2) is 6.61 Å². The molecule has 1 fully saturated rings. The molecule has 1 heteroatoms. The van der Waals surface area contributed by atoms with Crippen molar-refractivity contribution < 1.29 is 4.74 Å². The van der Waals surface area contributed by atoms with E-state index in [-0.39, 0.29) is 0 Å². The molecular formula is C12H16O. The van der Waals surface area contributed by atoms with Gasteiger partial charge in [-0.3, -0.25) is 0 Å². The van der Waals surface area contributed by atoms with Crippen molar-refractivity contribution >= 4 is 0 Å². The number of benzene rings is 1. The van der Waals surface area contributed by atoms with Crippen molar-refractivity contribution in [1.82, 2.24) is 0 Å². The molecule has 2 rings (SSSR count). The van der Waals surface area contributed by atoms with Crippen molar-refractivity contribution in [1.29, 1.82) is 0 Å². The zero-order chi connectivity index (χ0) is 9.47. The third-order valence-electron chi connectivity index (χ3n) is 2.68. The highest BCUT2D eigenvalue weighted by molar-refractivity contribution is 5.26. The molecular weight excluding hydrogens is 160 g/mol. The van der Waals surface area contributed by atoms with E-state index in [9.17, 15) is 0 Å².